The lowest BCUT2D eigenvalue weighted by molar-refractivity contribution is -0.0615. The molecule has 0 bridgehead atoms. The van der Waals surface area contributed by atoms with Gasteiger partial charge in [0.05, 0.1) is 17.8 Å². The number of hydrogen-bond donors (Lipinski definition) is 2. The smallest absolute Gasteiger partial charge is 0.256 e. The summed E-state index contributed by atoms with van der Waals surface area (Å²) in [6.45, 7) is 4.87. The van der Waals surface area contributed by atoms with Gasteiger partial charge in [-0.25, -0.2) is 0 Å². The Morgan fingerprint density at radius 1 is 0.972 bits per heavy atom. The third-order valence-corrected chi connectivity index (χ3v) is 7.11. The molecule has 2 aliphatic rings. The van der Waals surface area contributed by atoms with Crippen molar-refractivity contribution in [2.75, 3.05) is 6.61 Å². The number of pyridine rings is 2. The predicted molar refractivity (Wildman–Crippen MR) is 138 cm³/mol. The third kappa shape index (κ3) is 7.03. The summed E-state index contributed by atoms with van der Waals surface area (Å²) in [5, 5.41) is 6.08. The Morgan fingerprint density at radius 3 is 2.22 bits per heavy atom. The zero-order chi connectivity index (χ0) is 25.5. The molecule has 2 fully saturated rings. The number of carbonyl (C=O) groups is 2. The number of ether oxygens (including phenoxy) is 1. The van der Waals surface area contributed by atoms with Crippen LogP contribution in [-0.2, 0) is 11.3 Å². The first-order valence-electron chi connectivity index (χ1n) is 13.2. The highest BCUT2D eigenvalue weighted by molar-refractivity contribution is 5.99. The number of carbonyl (C=O) groups excluding carboxylic acids is 2. The summed E-state index contributed by atoms with van der Waals surface area (Å²) in [5.41, 5.74) is -0.146. The van der Waals surface area contributed by atoms with Gasteiger partial charge in [-0.2, -0.15) is 0 Å². The SMILES string of the molecule is CC1(C)C[C@@H](NC(=O)c2cn(Cc3ccccn3)cc(C(=O)NC3CCCCCCC3)c2=O)CCO1. The molecule has 8 heteroatoms. The molecule has 3 heterocycles. The minimum atomic E-state index is -0.542. The summed E-state index contributed by atoms with van der Waals surface area (Å²) in [7, 11) is 0. The molecule has 194 valence electrons. The van der Waals surface area contributed by atoms with E-state index in [9.17, 15) is 14.4 Å². The molecule has 36 heavy (non-hydrogen) atoms. The van der Waals surface area contributed by atoms with Crippen molar-refractivity contribution >= 4 is 11.8 Å². The van der Waals surface area contributed by atoms with Gasteiger partial charge in [-0.3, -0.25) is 19.4 Å². The van der Waals surface area contributed by atoms with Crippen molar-refractivity contribution < 1.29 is 14.3 Å². The standard InChI is InChI=1S/C28H38N4O4/c1-28(2)16-21(13-15-36-28)31-27(35)24-19-32(17-22-12-8-9-14-29-22)18-23(25(24)33)26(34)30-20-10-6-4-3-5-7-11-20/h8-9,12,14,18-21H,3-7,10-11,13,15-17H2,1-2H3,(H,30,34)(H,31,35)/t21-/m0/s1. The van der Waals surface area contributed by atoms with Gasteiger partial charge in [-0.05, 0) is 51.7 Å². The monoisotopic (exact) mass is 494 g/mol. The van der Waals surface area contributed by atoms with Crippen LogP contribution in [0.4, 0.5) is 0 Å². The van der Waals surface area contributed by atoms with E-state index in [1.54, 1.807) is 17.0 Å². The molecule has 1 saturated carbocycles. The molecule has 1 aliphatic carbocycles. The van der Waals surface area contributed by atoms with Crippen LogP contribution < -0.4 is 16.1 Å². The molecule has 0 aromatic carbocycles. The summed E-state index contributed by atoms with van der Waals surface area (Å²) >= 11 is 0. The van der Waals surface area contributed by atoms with Gasteiger partial charge in [0.1, 0.15) is 11.1 Å². The Hall–Kier alpha value is -3.00. The van der Waals surface area contributed by atoms with Crippen LogP contribution in [0.25, 0.3) is 0 Å². The number of amides is 2. The van der Waals surface area contributed by atoms with Crippen molar-refractivity contribution in [2.24, 2.45) is 0 Å². The van der Waals surface area contributed by atoms with Crippen molar-refractivity contribution in [2.45, 2.75) is 95.9 Å². The Labute approximate surface area is 212 Å². The Morgan fingerprint density at radius 2 is 1.61 bits per heavy atom. The van der Waals surface area contributed by atoms with Crippen molar-refractivity contribution in [3.63, 3.8) is 0 Å². The number of nitrogens with one attached hydrogen (secondary N) is 2. The highest BCUT2D eigenvalue weighted by Crippen LogP contribution is 2.24. The highest BCUT2D eigenvalue weighted by Gasteiger charge is 2.31. The van der Waals surface area contributed by atoms with Gasteiger partial charge < -0.3 is 19.9 Å². The van der Waals surface area contributed by atoms with Gasteiger partial charge in [0.2, 0.25) is 5.43 Å². The van der Waals surface area contributed by atoms with Crippen LogP contribution in [-0.4, -0.2) is 45.7 Å². The van der Waals surface area contributed by atoms with Gasteiger partial charge in [0, 0.05) is 37.3 Å². The van der Waals surface area contributed by atoms with Crippen molar-refractivity contribution in [1.29, 1.82) is 0 Å². The lowest BCUT2D eigenvalue weighted by atomic mass is 9.93. The zero-order valence-electron chi connectivity index (χ0n) is 21.4. The summed E-state index contributed by atoms with van der Waals surface area (Å²) in [4.78, 5) is 44.4. The van der Waals surface area contributed by atoms with Crippen LogP contribution in [0.5, 0.6) is 0 Å². The normalized spacial score (nSPS) is 20.7. The fraction of sp³-hybridized carbons (Fsp3) is 0.571. The molecule has 1 aliphatic heterocycles. The maximum Gasteiger partial charge on any atom is 0.256 e. The number of hydrogen-bond acceptors (Lipinski definition) is 5. The first-order chi connectivity index (χ1) is 17.3. The van der Waals surface area contributed by atoms with Gasteiger partial charge in [0.15, 0.2) is 0 Å². The van der Waals surface area contributed by atoms with Gasteiger partial charge >= 0.3 is 0 Å². The van der Waals surface area contributed by atoms with Gasteiger partial charge in [-0.15, -0.1) is 0 Å². The maximum absolute atomic E-state index is 13.4. The summed E-state index contributed by atoms with van der Waals surface area (Å²) in [6, 6.07) is 5.53. The van der Waals surface area contributed by atoms with Crippen LogP contribution in [0.15, 0.2) is 41.6 Å². The second kappa shape index (κ2) is 11.8. The number of nitrogens with zero attached hydrogens (tertiary/aromatic N) is 2. The average Bonchev–Trinajstić information content (AvgIpc) is 2.81. The van der Waals surface area contributed by atoms with Crippen LogP contribution in [0, 0.1) is 0 Å². The van der Waals surface area contributed by atoms with Gasteiger partial charge in [-0.1, -0.05) is 38.2 Å². The third-order valence-electron chi connectivity index (χ3n) is 7.11. The quantitative estimate of drug-likeness (QED) is 0.636. The summed E-state index contributed by atoms with van der Waals surface area (Å²) in [6.07, 6.45) is 13.6. The van der Waals surface area contributed by atoms with Crippen molar-refractivity contribution in [3.8, 4) is 0 Å². The summed E-state index contributed by atoms with van der Waals surface area (Å²) in [5.74, 6) is -0.875. The Bertz CT molecular complexity index is 1100. The number of aromatic nitrogens is 2. The predicted octanol–water partition coefficient (Wildman–Crippen LogP) is 3.82. The molecule has 0 radical (unpaired) electrons. The van der Waals surface area contributed by atoms with E-state index in [0.29, 0.717) is 26.0 Å². The van der Waals surface area contributed by atoms with Crippen LogP contribution in [0.1, 0.15) is 98.0 Å². The van der Waals surface area contributed by atoms with Gasteiger partial charge in [0.25, 0.3) is 11.8 Å². The van der Waals surface area contributed by atoms with E-state index in [4.69, 9.17) is 4.74 Å². The molecule has 0 unspecified atom stereocenters. The van der Waals surface area contributed by atoms with E-state index in [0.717, 1.165) is 31.4 Å². The fourth-order valence-corrected chi connectivity index (χ4v) is 5.21. The van der Waals surface area contributed by atoms with Crippen molar-refractivity contribution in [3.05, 3.63) is 63.8 Å². The molecule has 2 N–H and O–H groups in total. The molecule has 0 spiro atoms. The molecule has 2 aromatic heterocycles. The molecule has 1 saturated heterocycles. The fourth-order valence-electron chi connectivity index (χ4n) is 5.21. The molecule has 2 aromatic rings. The van der Waals surface area contributed by atoms with E-state index in [2.05, 4.69) is 15.6 Å². The van der Waals surface area contributed by atoms with Crippen LogP contribution in [0.2, 0.25) is 0 Å². The first kappa shape index (κ1) is 26.1. The lowest BCUT2D eigenvalue weighted by Crippen LogP contribution is -2.47. The Kier molecular flexibility index (Phi) is 8.56. The van der Waals surface area contributed by atoms with Crippen molar-refractivity contribution in [1.82, 2.24) is 20.2 Å². The topological polar surface area (TPSA) is 102 Å². The zero-order valence-corrected chi connectivity index (χ0v) is 21.4. The Balaban J connectivity index is 1.60. The lowest BCUT2D eigenvalue weighted by Gasteiger charge is -2.35. The van der Waals surface area contributed by atoms with E-state index in [1.807, 2.05) is 32.0 Å². The largest absolute Gasteiger partial charge is 0.375 e. The second-order valence-corrected chi connectivity index (χ2v) is 10.7. The maximum atomic E-state index is 13.4. The summed E-state index contributed by atoms with van der Waals surface area (Å²) < 4.78 is 7.46. The minimum Gasteiger partial charge on any atom is -0.375 e. The van der Waals surface area contributed by atoms with E-state index >= 15 is 0 Å². The second-order valence-electron chi connectivity index (χ2n) is 10.7. The van der Waals surface area contributed by atoms with Crippen LogP contribution in [0.3, 0.4) is 0 Å². The van der Waals surface area contributed by atoms with E-state index in [-0.39, 0.29) is 28.8 Å². The minimum absolute atomic E-state index is 0.00653. The molecule has 4 rings (SSSR count). The highest BCUT2D eigenvalue weighted by atomic mass is 16.5. The molecule has 8 nitrogen and oxygen atoms in total. The van der Waals surface area contributed by atoms with E-state index in [1.165, 1.54) is 25.5 Å². The molecular formula is C28H38N4O4. The molecular weight excluding hydrogens is 456 g/mol. The molecule has 1 atom stereocenters. The average molecular weight is 495 g/mol. The van der Waals surface area contributed by atoms with E-state index < -0.39 is 17.2 Å². The first-order valence-corrected chi connectivity index (χ1v) is 13.2. The number of rotatable bonds is 6. The van der Waals surface area contributed by atoms with Crippen LogP contribution >= 0.6 is 0 Å². The molecule has 2 amide bonds.